The van der Waals surface area contributed by atoms with Gasteiger partial charge in [-0.05, 0) is 33.8 Å². The number of benzene rings is 1. The highest BCUT2D eigenvalue weighted by atomic mass is 31.2. The highest BCUT2D eigenvalue weighted by molar-refractivity contribution is 7.61. The van der Waals surface area contributed by atoms with Gasteiger partial charge in [-0.25, -0.2) is 9.34 Å². The molecule has 2 atom stereocenters. The van der Waals surface area contributed by atoms with Crippen molar-refractivity contribution >= 4 is 19.0 Å². The second-order valence-corrected chi connectivity index (χ2v) is 9.82. The monoisotopic (exact) mass is 354 g/mol. The molecular weight excluding hydrogens is 331 g/mol. The van der Waals surface area contributed by atoms with Gasteiger partial charge in [-0.2, -0.15) is 0 Å². The molecular formula is C15H23N4O4P. The molecule has 0 aromatic heterocycles. The first kappa shape index (κ1) is 17.2. The fourth-order valence-electron chi connectivity index (χ4n) is 2.91. The molecule has 24 heavy (non-hydrogen) atoms. The van der Waals surface area contributed by atoms with Crippen molar-refractivity contribution in [2.24, 2.45) is 0 Å². The molecule has 2 aliphatic heterocycles. The van der Waals surface area contributed by atoms with Gasteiger partial charge in [-0.1, -0.05) is 0 Å². The van der Waals surface area contributed by atoms with Crippen molar-refractivity contribution in [3.8, 4) is 5.75 Å². The average Bonchev–Trinajstić information content (AvgIpc) is 3.33. The Balaban J connectivity index is 1.92. The Morgan fingerprint density at radius 2 is 1.71 bits per heavy atom. The summed E-state index contributed by atoms with van der Waals surface area (Å²) >= 11 is 0. The van der Waals surface area contributed by atoms with Crippen LogP contribution in [-0.2, 0) is 4.57 Å². The molecule has 2 aliphatic rings. The fourth-order valence-corrected chi connectivity index (χ4v) is 6.43. The zero-order valence-electron chi connectivity index (χ0n) is 14.6. The van der Waals surface area contributed by atoms with Crippen LogP contribution < -0.4 is 9.82 Å². The predicted molar refractivity (Wildman–Crippen MR) is 92.4 cm³/mol. The van der Waals surface area contributed by atoms with Gasteiger partial charge in [-0.3, -0.25) is 14.7 Å². The Bertz CT molecular complexity index is 723. The second-order valence-electron chi connectivity index (χ2n) is 7.54. The van der Waals surface area contributed by atoms with Gasteiger partial charge in [-0.15, -0.1) is 0 Å². The van der Waals surface area contributed by atoms with Crippen molar-refractivity contribution in [3.05, 3.63) is 28.3 Å². The van der Waals surface area contributed by atoms with E-state index in [0.717, 1.165) is 13.1 Å². The minimum Gasteiger partial charge on any atom is -0.490 e. The highest BCUT2D eigenvalue weighted by Crippen LogP contribution is 2.69. The number of ether oxygens (including phenoxy) is 1. The normalized spacial score (nSPS) is 28.5. The Kier molecular flexibility index (Phi) is 3.71. The number of hydrogen-bond donors (Lipinski definition) is 1. The Labute approximate surface area is 141 Å². The molecule has 3 rings (SSSR count). The van der Waals surface area contributed by atoms with Crippen LogP contribution in [-0.4, -0.2) is 45.5 Å². The number of nitro benzene ring substituents is 1. The molecule has 8 nitrogen and oxygen atoms in total. The van der Waals surface area contributed by atoms with Crippen molar-refractivity contribution in [2.45, 2.75) is 38.8 Å². The van der Waals surface area contributed by atoms with E-state index in [4.69, 9.17) is 4.74 Å². The van der Waals surface area contributed by atoms with Crippen LogP contribution in [0.15, 0.2) is 18.2 Å². The lowest BCUT2D eigenvalue weighted by molar-refractivity contribution is -0.385. The molecule has 0 amide bonds. The van der Waals surface area contributed by atoms with Gasteiger partial charge in [0, 0.05) is 42.0 Å². The number of nitrogens with one attached hydrogen (secondary N) is 1. The van der Waals surface area contributed by atoms with E-state index in [1.807, 2.05) is 37.0 Å². The van der Waals surface area contributed by atoms with Gasteiger partial charge in [0.1, 0.15) is 0 Å². The van der Waals surface area contributed by atoms with E-state index >= 15 is 0 Å². The Morgan fingerprint density at radius 1 is 1.21 bits per heavy atom. The summed E-state index contributed by atoms with van der Waals surface area (Å²) < 4.78 is 22.7. The van der Waals surface area contributed by atoms with E-state index in [1.165, 1.54) is 19.2 Å². The summed E-state index contributed by atoms with van der Waals surface area (Å²) in [6, 6.07) is 4.46. The standard InChI is InChI=1S/C15H23N4O4P/c1-14(2)9-17(14)24(22,18-10-15(18,3)4)16-11-6-7-12(19(20)21)13(8-11)23-5/h6-8H,9-10H2,1-5H3,(H,16,22). The first-order valence-electron chi connectivity index (χ1n) is 7.78. The van der Waals surface area contributed by atoms with Crippen LogP contribution in [0.5, 0.6) is 5.75 Å². The molecule has 132 valence electrons. The third-order valence-corrected chi connectivity index (χ3v) is 7.79. The topological polar surface area (TPSA) is 87.5 Å². The molecule has 9 heteroatoms. The van der Waals surface area contributed by atoms with Crippen molar-refractivity contribution in [1.29, 1.82) is 0 Å². The molecule has 1 aromatic carbocycles. The lowest BCUT2D eigenvalue weighted by atomic mass is 10.2. The van der Waals surface area contributed by atoms with E-state index in [0.29, 0.717) is 5.69 Å². The van der Waals surface area contributed by atoms with Crippen molar-refractivity contribution in [1.82, 2.24) is 9.34 Å². The van der Waals surface area contributed by atoms with Gasteiger partial charge in [0.15, 0.2) is 5.75 Å². The maximum atomic E-state index is 13.7. The summed E-state index contributed by atoms with van der Waals surface area (Å²) in [6.45, 7) is 9.69. The minimum absolute atomic E-state index is 0.114. The van der Waals surface area contributed by atoms with Crippen LogP contribution in [0.25, 0.3) is 0 Å². The Morgan fingerprint density at radius 3 is 2.08 bits per heavy atom. The Hall–Kier alpha value is -1.63. The molecule has 0 saturated carbocycles. The molecule has 2 fully saturated rings. The van der Waals surface area contributed by atoms with Crippen LogP contribution >= 0.6 is 7.59 Å². The van der Waals surface area contributed by atoms with Gasteiger partial charge < -0.3 is 9.82 Å². The number of rotatable bonds is 6. The van der Waals surface area contributed by atoms with Gasteiger partial charge >= 0.3 is 13.3 Å². The lowest BCUT2D eigenvalue weighted by Crippen LogP contribution is -2.21. The van der Waals surface area contributed by atoms with Crippen molar-refractivity contribution < 1.29 is 14.2 Å². The molecule has 0 bridgehead atoms. The molecule has 0 spiro atoms. The summed E-state index contributed by atoms with van der Waals surface area (Å²) in [5.74, 6) is 0.145. The third-order valence-electron chi connectivity index (χ3n) is 4.57. The summed E-state index contributed by atoms with van der Waals surface area (Å²) in [4.78, 5) is 10.5. The number of anilines is 1. The summed E-state index contributed by atoms with van der Waals surface area (Å²) in [6.07, 6.45) is 0. The molecule has 2 saturated heterocycles. The van der Waals surface area contributed by atoms with Crippen LogP contribution in [0.2, 0.25) is 0 Å². The smallest absolute Gasteiger partial charge is 0.311 e. The van der Waals surface area contributed by atoms with Crippen LogP contribution in [0.4, 0.5) is 11.4 Å². The number of hydrogen-bond acceptors (Lipinski definition) is 4. The molecule has 1 N–H and O–H groups in total. The molecule has 2 heterocycles. The molecule has 1 aromatic rings. The highest BCUT2D eigenvalue weighted by Gasteiger charge is 2.64. The molecule has 2 unspecified atom stereocenters. The average molecular weight is 354 g/mol. The van der Waals surface area contributed by atoms with E-state index in [1.54, 1.807) is 6.07 Å². The van der Waals surface area contributed by atoms with Gasteiger partial charge in [0.2, 0.25) is 0 Å². The maximum absolute atomic E-state index is 13.7. The number of nitrogens with zero attached hydrogens (tertiary/aromatic N) is 3. The minimum atomic E-state index is -2.98. The predicted octanol–water partition coefficient (Wildman–Crippen LogP) is 3.31. The van der Waals surface area contributed by atoms with E-state index in [2.05, 4.69) is 5.09 Å². The second kappa shape index (κ2) is 5.18. The van der Waals surface area contributed by atoms with Gasteiger partial charge in [0.05, 0.1) is 12.0 Å². The molecule has 0 radical (unpaired) electrons. The zero-order valence-corrected chi connectivity index (χ0v) is 15.5. The molecule has 0 aliphatic carbocycles. The van der Waals surface area contributed by atoms with Crippen LogP contribution in [0, 0.1) is 10.1 Å². The largest absolute Gasteiger partial charge is 0.490 e. The quantitative estimate of drug-likeness (QED) is 0.363. The zero-order chi connectivity index (χ0) is 17.9. The number of methoxy groups -OCH3 is 1. The summed E-state index contributed by atoms with van der Waals surface area (Å²) in [5.41, 5.74) is 0.196. The summed E-state index contributed by atoms with van der Waals surface area (Å²) in [5, 5.41) is 14.2. The third kappa shape index (κ3) is 2.79. The van der Waals surface area contributed by atoms with Crippen molar-refractivity contribution in [2.75, 3.05) is 25.3 Å². The van der Waals surface area contributed by atoms with Crippen LogP contribution in [0.3, 0.4) is 0 Å². The van der Waals surface area contributed by atoms with Crippen LogP contribution in [0.1, 0.15) is 27.7 Å². The number of nitro groups is 1. The first-order chi connectivity index (χ1) is 11.0. The van der Waals surface area contributed by atoms with Gasteiger partial charge in [0.25, 0.3) is 0 Å². The fraction of sp³-hybridized carbons (Fsp3) is 0.600. The lowest BCUT2D eigenvalue weighted by Gasteiger charge is -2.26. The van der Waals surface area contributed by atoms with Crippen molar-refractivity contribution in [3.63, 3.8) is 0 Å². The van der Waals surface area contributed by atoms with E-state index in [-0.39, 0.29) is 22.5 Å². The van der Waals surface area contributed by atoms with E-state index < -0.39 is 12.5 Å². The maximum Gasteiger partial charge on any atom is 0.311 e. The SMILES string of the molecule is COc1cc(NP(=O)(N2CC2(C)C)N2CC2(C)C)ccc1[N+](=O)[O-]. The first-order valence-corrected chi connectivity index (χ1v) is 9.39. The van der Waals surface area contributed by atoms with E-state index in [9.17, 15) is 14.7 Å². The summed E-state index contributed by atoms with van der Waals surface area (Å²) in [7, 11) is -1.60.